The first-order valence-corrected chi connectivity index (χ1v) is 20.7. The van der Waals surface area contributed by atoms with Crippen molar-refractivity contribution in [3.8, 4) is 56.5 Å². The third-order valence-electron chi connectivity index (χ3n) is 12.5. The van der Waals surface area contributed by atoms with E-state index in [4.69, 9.17) is 19.7 Å². The van der Waals surface area contributed by atoms with Gasteiger partial charge in [-0.25, -0.2) is 15.0 Å². The highest BCUT2D eigenvalue weighted by molar-refractivity contribution is 5.92. The van der Waals surface area contributed by atoms with Crippen molar-refractivity contribution in [2.45, 2.75) is 18.3 Å². The van der Waals surface area contributed by atoms with Crippen molar-refractivity contribution < 1.29 is 4.74 Å². The van der Waals surface area contributed by atoms with Crippen LogP contribution < -0.4 is 10.1 Å². The summed E-state index contributed by atoms with van der Waals surface area (Å²) in [6.45, 7) is 0.814. The molecule has 2 aliphatic heterocycles. The summed E-state index contributed by atoms with van der Waals surface area (Å²) < 4.78 is 6.71. The molecule has 0 fully saturated rings. The molecule has 1 spiro atoms. The lowest BCUT2D eigenvalue weighted by atomic mass is 9.65. The van der Waals surface area contributed by atoms with Gasteiger partial charge in [0.1, 0.15) is 11.5 Å². The lowest BCUT2D eigenvalue weighted by molar-refractivity contribution is 0.436. The van der Waals surface area contributed by atoms with Crippen molar-refractivity contribution >= 4 is 16.8 Å². The molecule has 7 aromatic carbocycles. The van der Waals surface area contributed by atoms with E-state index in [0.717, 1.165) is 64.5 Å². The number of nitrogens with zero attached hydrogens (tertiary/aromatic N) is 3. The van der Waals surface area contributed by atoms with Gasteiger partial charge in [-0.15, -0.1) is 0 Å². The molecule has 8 aromatic rings. The first kappa shape index (κ1) is 34.4. The Morgan fingerprint density at radius 2 is 1.08 bits per heavy atom. The minimum absolute atomic E-state index is 0.657. The number of allylic oxidation sites excluding steroid dienone is 4. The van der Waals surface area contributed by atoms with Gasteiger partial charge in [-0.1, -0.05) is 158 Å². The molecule has 12 rings (SSSR count). The summed E-state index contributed by atoms with van der Waals surface area (Å²) in [6.07, 6.45) is 10.6. The van der Waals surface area contributed by atoms with Crippen LogP contribution in [0.5, 0.6) is 11.5 Å². The maximum absolute atomic E-state index is 6.71. The number of anilines is 1. The fourth-order valence-electron chi connectivity index (χ4n) is 9.73. The van der Waals surface area contributed by atoms with Crippen molar-refractivity contribution in [2.24, 2.45) is 0 Å². The van der Waals surface area contributed by atoms with Crippen LogP contribution in [0.1, 0.15) is 52.0 Å². The number of benzene rings is 7. The Morgan fingerprint density at radius 1 is 0.483 bits per heavy atom. The number of aromatic nitrogens is 3. The van der Waals surface area contributed by atoms with Gasteiger partial charge >= 0.3 is 0 Å². The zero-order chi connectivity index (χ0) is 39.6. The van der Waals surface area contributed by atoms with E-state index in [1.165, 1.54) is 55.8 Å². The van der Waals surface area contributed by atoms with Crippen LogP contribution in [0.4, 0.5) is 5.69 Å². The highest BCUT2D eigenvalue weighted by Crippen LogP contribution is 2.62. The summed E-state index contributed by atoms with van der Waals surface area (Å²) in [5.41, 5.74) is 16.6. The Bertz CT molecular complexity index is 3080. The molecule has 0 saturated carbocycles. The van der Waals surface area contributed by atoms with Crippen LogP contribution in [0.3, 0.4) is 0 Å². The predicted octanol–water partition coefficient (Wildman–Crippen LogP) is 12.9. The summed E-state index contributed by atoms with van der Waals surface area (Å²) in [7, 11) is 0. The highest BCUT2D eigenvalue weighted by atomic mass is 16.5. The van der Waals surface area contributed by atoms with Crippen LogP contribution in [0.15, 0.2) is 188 Å². The van der Waals surface area contributed by atoms with Crippen molar-refractivity contribution in [1.82, 2.24) is 15.0 Å². The third-order valence-corrected chi connectivity index (χ3v) is 12.5. The van der Waals surface area contributed by atoms with Crippen LogP contribution in [-0.2, 0) is 5.41 Å². The lowest BCUT2D eigenvalue weighted by Crippen LogP contribution is -2.32. The second kappa shape index (κ2) is 13.7. The Hall–Kier alpha value is -7.63. The van der Waals surface area contributed by atoms with Crippen molar-refractivity contribution in [1.29, 1.82) is 0 Å². The zero-order valence-corrected chi connectivity index (χ0v) is 32.8. The van der Waals surface area contributed by atoms with E-state index in [1.54, 1.807) is 0 Å². The molecule has 1 aromatic heterocycles. The van der Waals surface area contributed by atoms with Crippen LogP contribution in [0, 0.1) is 0 Å². The quantitative estimate of drug-likeness (QED) is 0.189. The summed E-state index contributed by atoms with van der Waals surface area (Å²) in [5.74, 6) is 3.76. The van der Waals surface area contributed by atoms with E-state index in [9.17, 15) is 0 Å². The number of fused-ring (bicyclic) bond motifs is 10. The minimum atomic E-state index is -0.666. The summed E-state index contributed by atoms with van der Waals surface area (Å²) in [4.78, 5) is 15.4. The number of para-hydroxylation sites is 3. The molecule has 3 heterocycles. The normalized spacial score (nSPS) is 15.0. The molecular weight excluding hydrogens is 733 g/mol. The maximum Gasteiger partial charge on any atom is 0.164 e. The average molecular weight is 771 g/mol. The molecule has 1 N–H and O–H groups in total. The average Bonchev–Trinajstić information content (AvgIpc) is 3.61. The predicted molar refractivity (Wildman–Crippen MR) is 242 cm³/mol. The van der Waals surface area contributed by atoms with Crippen molar-refractivity contribution in [3.05, 3.63) is 227 Å². The minimum Gasteiger partial charge on any atom is -0.457 e. The number of nitrogens with one attached hydrogen (secondary N) is 1. The van der Waals surface area contributed by atoms with Crippen LogP contribution in [-0.4, -0.2) is 21.5 Å². The fourth-order valence-corrected chi connectivity index (χ4v) is 9.73. The lowest BCUT2D eigenvalue weighted by Gasteiger charge is -2.39. The number of hydrogen-bond acceptors (Lipinski definition) is 5. The number of rotatable bonds is 5. The monoisotopic (exact) mass is 770 g/mol. The molecule has 2 aliphatic carbocycles. The maximum atomic E-state index is 6.71. The molecule has 60 heavy (non-hydrogen) atoms. The molecule has 0 amide bonds. The molecule has 0 atom stereocenters. The van der Waals surface area contributed by atoms with Gasteiger partial charge in [0.25, 0.3) is 0 Å². The second-order valence-electron chi connectivity index (χ2n) is 15.8. The molecule has 0 bridgehead atoms. The van der Waals surface area contributed by atoms with Crippen LogP contribution >= 0.6 is 0 Å². The molecule has 5 heteroatoms. The Morgan fingerprint density at radius 3 is 1.82 bits per heavy atom. The van der Waals surface area contributed by atoms with Crippen LogP contribution in [0.25, 0.3) is 56.2 Å². The van der Waals surface area contributed by atoms with E-state index >= 15 is 0 Å². The highest BCUT2D eigenvalue weighted by Gasteiger charge is 2.51. The topological polar surface area (TPSA) is 59.9 Å². The third kappa shape index (κ3) is 5.36. The molecule has 5 nitrogen and oxygen atoms in total. The summed E-state index contributed by atoms with van der Waals surface area (Å²) in [5, 5.41) is 3.51. The van der Waals surface area contributed by atoms with Gasteiger partial charge in [0.2, 0.25) is 0 Å². The SMILES string of the molecule is C1=CCCC(c2nc(-c3ccccc3)nc(-c3ccc4c(c3)C3(c5ccccc5Oc5ccccc53)c3cc(-c5ccc(C6=CCNc7ccccc76)cc5)ccc3-4)n2)=C1. The zero-order valence-electron chi connectivity index (χ0n) is 32.8. The van der Waals surface area contributed by atoms with Gasteiger partial charge in [0.15, 0.2) is 17.5 Å². The molecule has 0 radical (unpaired) electrons. The van der Waals surface area contributed by atoms with Gasteiger partial charge in [0.05, 0.1) is 5.41 Å². The first-order valence-electron chi connectivity index (χ1n) is 20.7. The Labute approximate surface area is 349 Å². The molecule has 0 saturated heterocycles. The molecule has 4 aliphatic rings. The standard InChI is InChI=1S/C55H38N4O/c1-3-13-37(14-4-1)52-57-53(38-15-5-2-6-16-38)59-54(58-52)40-28-30-43-42-29-27-39(35-23-25-36(26-24-35)41-31-32-56-49-20-10-7-17-44(41)49)33-47(42)55(48(43)34-40)45-18-8-11-21-50(45)60-51-22-12-9-19-46(51)55/h1-5,7-15,17-31,33-34,56H,6,16,32H2. The van der Waals surface area contributed by atoms with Crippen LogP contribution in [0.2, 0.25) is 0 Å². The fraction of sp³-hybridized carbons (Fsp3) is 0.0727. The summed E-state index contributed by atoms with van der Waals surface area (Å²) in [6, 6.07) is 58.7. The van der Waals surface area contributed by atoms with Crippen molar-refractivity contribution in [3.63, 3.8) is 0 Å². The molecule has 0 unspecified atom stereocenters. The second-order valence-corrected chi connectivity index (χ2v) is 15.8. The van der Waals surface area contributed by atoms with E-state index < -0.39 is 5.41 Å². The van der Waals surface area contributed by atoms with Crippen molar-refractivity contribution in [2.75, 3.05) is 11.9 Å². The Balaban J connectivity index is 1.05. The van der Waals surface area contributed by atoms with E-state index in [0.29, 0.717) is 11.6 Å². The van der Waals surface area contributed by atoms with Gasteiger partial charge in [0, 0.05) is 40.0 Å². The largest absolute Gasteiger partial charge is 0.457 e. The number of ether oxygens (including phenoxy) is 1. The van der Waals surface area contributed by atoms with Gasteiger partial charge in [-0.2, -0.15) is 0 Å². The first-order chi connectivity index (χ1) is 29.7. The number of hydrogen-bond donors (Lipinski definition) is 1. The van der Waals surface area contributed by atoms with E-state index in [1.807, 2.05) is 18.2 Å². The van der Waals surface area contributed by atoms with Gasteiger partial charge < -0.3 is 10.1 Å². The van der Waals surface area contributed by atoms with Gasteiger partial charge in [-0.05, 0) is 93.3 Å². The van der Waals surface area contributed by atoms with E-state index in [-0.39, 0.29) is 0 Å². The Kier molecular flexibility index (Phi) is 7.88. The smallest absolute Gasteiger partial charge is 0.164 e. The molecule has 284 valence electrons. The summed E-state index contributed by atoms with van der Waals surface area (Å²) >= 11 is 0. The molecular formula is C55H38N4O. The van der Waals surface area contributed by atoms with E-state index in [2.05, 4.69) is 175 Å². The van der Waals surface area contributed by atoms with Gasteiger partial charge in [-0.3, -0.25) is 0 Å².